The molecule has 0 amide bonds. The lowest BCUT2D eigenvalue weighted by atomic mass is 9.96. The number of ether oxygens (including phenoxy) is 1. The van der Waals surface area contributed by atoms with Crippen molar-refractivity contribution in [3.8, 4) is 0 Å². The van der Waals surface area contributed by atoms with Crippen molar-refractivity contribution in [1.29, 1.82) is 0 Å². The minimum Gasteiger partial charge on any atom is -0.460 e. The van der Waals surface area contributed by atoms with Gasteiger partial charge < -0.3 is 4.74 Å². The molecule has 19 heavy (non-hydrogen) atoms. The van der Waals surface area contributed by atoms with E-state index in [9.17, 15) is 4.79 Å². The zero-order valence-electron chi connectivity index (χ0n) is 11.1. The Morgan fingerprint density at radius 1 is 1.32 bits per heavy atom. The zero-order chi connectivity index (χ0) is 13.7. The monoisotopic (exact) mass is 259 g/mol. The standard InChI is InChI=1S/C14H17N3O2/c1-3-11(10-8-6-5-7-9-10)12-15-13(17-16-12)14(18)19-4-2/h5-9,11H,3-4H2,1-2H3,(H,15,16,17). The summed E-state index contributed by atoms with van der Waals surface area (Å²) < 4.78 is 4.88. The maximum absolute atomic E-state index is 11.5. The molecular weight excluding hydrogens is 242 g/mol. The molecule has 0 aliphatic heterocycles. The number of carbonyl (C=O) groups excluding carboxylic acids is 1. The number of aromatic nitrogens is 3. The Balaban J connectivity index is 2.23. The Hall–Kier alpha value is -2.17. The van der Waals surface area contributed by atoms with Gasteiger partial charge in [-0.25, -0.2) is 9.78 Å². The summed E-state index contributed by atoms with van der Waals surface area (Å²) in [5.74, 6) is 0.396. The normalized spacial score (nSPS) is 12.1. The van der Waals surface area contributed by atoms with Gasteiger partial charge in [0.2, 0.25) is 0 Å². The molecule has 0 fully saturated rings. The Labute approximate surface area is 112 Å². The molecule has 5 nitrogen and oxygen atoms in total. The van der Waals surface area contributed by atoms with Crippen LogP contribution in [0, 0.1) is 0 Å². The predicted octanol–water partition coefficient (Wildman–Crippen LogP) is 2.52. The van der Waals surface area contributed by atoms with Gasteiger partial charge in [0.15, 0.2) is 0 Å². The maximum Gasteiger partial charge on any atom is 0.378 e. The molecule has 0 bridgehead atoms. The Morgan fingerprint density at radius 2 is 2.05 bits per heavy atom. The molecule has 5 heteroatoms. The van der Waals surface area contributed by atoms with Crippen LogP contribution in [0.25, 0.3) is 0 Å². The summed E-state index contributed by atoms with van der Waals surface area (Å²) in [5.41, 5.74) is 1.15. The highest BCUT2D eigenvalue weighted by atomic mass is 16.5. The first-order valence-electron chi connectivity index (χ1n) is 6.40. The Bertz CT molecular complexity index is 537. The van der Waals surface area contributed by atoms with Gasteiger partial charge in [0, 0.05) is 5.92 Å². The second-order valence-electron chi connectivity index (χ2n) is 4.14. The summed E-state index contributed by atoms with van der Waals surface area (Å²) >= 11 is 0. The van der Waals surface area contributed by atoms with E-state index in [0.717, 1.165) is 12.0 Å². The minimum absolute atomic E-state index is 0.0891. The van der Waals surface area contributed by atoms with E-state index < -0.39 is 5.97 Å². The lowest BCUT2D eigenvalue weighted by molar-refractivity contribution is 0.0512. The van der Waals surface area contributed by atoms with Crippen molar-refractivity contribution < 1.29 is 9.53 Å². The van der Waals surface area contributed by atoms with Crippen LogP contribution in [0.1, 0.15) is 48.2 Å². The molecule has 1 heterocycles. The number of aromatic amines is 1. The van der Waals surface area contributed by atoms with E-state index in [1.807, 2.05) is 30.3 Å². The smallest absolute Gasteiger partial charge is 0.378 e. The molecule has 0 radical (unpaired) electrons. The third-order valence-electron chi connectivity index (χ3n) is 2.90. The molecule has 1 unspecified atom stereocenters. The second-order valence-corrected chi connectivity index (χ2v) is 4.14. The fraction of sp³-hybridized carbons (Fsp3) is 0.357. The van der Waals surface area contributed by atoms with Gasteiger partial charge in [-0.15, -0.1) is 5.10 Å². The van der Waals surface area contributed by atoms with Crippen LogP contribution >= 0.6 is 0 Å². The number of carbonyl (C=O) groups is 1. The summed E-state index contributed by atoms with van der Waals surface area (Å²) in [6.45, 7) is 4.15. The molecule has 2 aromatic rings. The van der Waals surface area contributed by atoms with E-state index in [1.165, 1.54) is 0 Å². The van der Waals surface area contributed by atoms with Crippen molar-refractivity contribution in [3.63, 3.8) is 0 Å². The van der Waals surface area contributed by atoms with Crippen molar-refractivity contribution in [2.75, 3.05) is 6.61 Å². The van der Waals surface area contributed by atoms with E-state index >= 15 is 0 Å². The van der Waals surface area contributed by atoms with Gasteiger partial charge in [0.1, 0.15) is 5.82 Å². The van der Waals surface area contributed by atoms with Crippen molar-refractivity contribution >= 4 is 5.97 Å². The number of H-pyrrole nitrogens is 1. The SMILES string of the molecule is CCOC(=O)c1n[nH]c(C(CC)c2ccccc2)n1. The van der Waals surface area contributed by atoms with Crippen LogP contribution in [-0.4, -0.2) is 27.8 Å². The van der Waals surface area contributed by atoms with Gasteiger partial charge in [-0.3, -0.25) is 5.10 Å². The molecule has 1 aromatic carbocycles. The lowest BCUT2D eigenvalue weighted by Gasteiger charge is -2.11. The predicted molar refractivity (Wildman–Crippen MR) is 70.9 cm³/mol. The highest BCUT2D eigenvalue weighted by Crippen LogP contribution is 2.24. The summed E-state index contributed by atoms with van der Waals surface area (Å²) in [4.78, 5) is 15.8. The van der Waals surface area contributed by atoms with Crippen molar-refractivity contribution in [2.24, 2.45) is 0 Å². The van der Waals surface area contributed by atoms with Crippen molar-refractivity contribution in [2.45, 2.75) is 26.2 Å². The molecule has 0 saturated carbocycles. The number of rotatable bonds is 5. The largest absolute Gasteiger partial charge is 0.460 e. The first-order chi connectivity index (χ1) is 9.26. The molecule has 0 aliphatic rings. The average Bonchev–Trinajstić information content (AvgIpc) is 2.91. The van der Waals surface area contributed by atoms with E-state index in [-0.39, 0.29) is 11.7 Å². The molecule has 0 saturated heterocycles. The fourth-order valence-corrected chi connectivity index (χ4v) is 1.99. The van der Waals surface area contributed by atoms with Gasteiger partial charge in [-0.05, 0) is 18.9 Å². The highest BCUT2D eigenvalue weighted by molar-refractivity contribution is 5.84. The molecule has 1 N–H and O–H groups in total. The molecule has 1 aromatic heterocycles. The first kappa shape index (κ1) is 13.3. The number of hydrogen-bond acceptors (Lipinski definition) is 4. The quantitative estimate of drug-likeness (QED) is 0.838. The van der Waals surface area contributed by atoms with E-state index in [1.54, 1.807) is 6.92 Å². The van der Waals surface area contributed by atoms with E-state index in [4.69, 9.17) is 4.74 Å². The van der Waals surface area contributed by atoms with Gasteiger partial charge in [-0.1, -0.05) is 37.3 Å². The first-order valence-corrected chi connectivity index (χ1v) is 6.40. The lowest BCUT2D eigenvalue weighted by Crippen LogP contribution is -2.07. The maximum atomic E-state index is 11.5. The number of nitrogens with one attached hydrogen (secondary N) is 1. The molecule has 100 valence electrons. The third kappa shape index (κ3) is 2.99. The van der Waals surface area contributed by atoms with Crippen LogP contribution < -0.4 is 0 Å². The second kappa shape index (κ2) is 6.13. The van der Waals surface area contributed by atoms with Gasteiger partial charge in [0.05, 0.1) is 6.61 Å². The molecule has 2 rings (SSSR count). The van der Waals surface area contributed by atoms with E-state index in [0.29, 0.717) is 12.4 Å². The molecule has 0 spiro atoms. The van der Waals surface area contributed by atoms with Crippen LogP contribution in [0.15, 0.2) is 30.3 Å². The molecule has 0 aliphatic carbocycles. The number of benzene rings is 1. The Kier molecular flexibility index (Phi) is 4.28. The van der Waals surface area contributed by atoms with E-state index in [2.05, 4.69) is 22.1 Å². The summed E-state index contributed by atoms with van der Waals surface area (Å²) in [6.07, 6.45) is 0.876. The highest BCUT2D eigenvalue weighted by Gasteiger charge is 2.19. The van der Waals surface area contributed by atoms with Crippen LogP contribution in [0.4, 0.5) is 0 Å². The van der Waals surface area contributed by atoms with Crippen molar-refractivity contribution in [1.82, 2.24) is 15.2 Å². The van der Waals surface area contributed by atoms with Crippen LogP contribution in [-0.2, 0) is 4.74 Å². The summed E-state index contributed by atoms with van der Waals surface area (Å²) in [5, 5.41) is 6.75. The number of nitrogens with zero attached hydrogens (tertiary/aromatic N) is 2. The summed E-state index contributed by atoms with van der Waals surface area (Å²) in [6, 6.07) is 10.0. The van der Waals surface area contributed by atoms with Crippen LogP contribution in [0.3, 0.4) is 0 Å². The van der Waals surface area contributed by atoms with Crippen LogP contribution in [0.5, 0.6) is 0 Å². The number of hydrogen-bond donors (Lipinski definition) is 1. The fourth-order valence-electron chi connectivity index (χ4n) is 1.99. The zero-order valence-corrected chi connectivity index (χ0v) is 11.1. The number of esters is 1. The Morgan fingerprint density at radius 3 is 2.68 bits per heavy atom. The van der Waals surface area contributed by atoms with Gasteiger partial charge in [-0.2, -0.15) is 0 Å². The van der Waals surface area contributed by atoms with Gasteiger partial charge >= 0.3 is 5.97 Å². The molecule has 1 atom stereocenters. The average molecular weight is 259 g/mol. The van der Waals surface area contributed by atoms with Crippen molar-refractivity contribution in [3.05, 3.63) is 47.5 Å². The summed E-state index contributed by atoms with van der Waals surface area (Å²) in [7, 11) is 0. The minimum atomic E-state index is -0.493. The van der Waals surface area contributed by atoms with Gasteiger partial charge in [0.25, 0.3) is 5.82 Å². The molecular formula is C14H17N3O2. The topological polar surface area (TPSA) is 67.9 Å². The van der Waals surface area contributed by atoms with Crippen LogP contribution in [0.2, 0.25) is 0 Å². The third-order valence-corrected chi connectivity index (χ3v) is 2.90.